The Kier molecular flexibility index (Phi) is 6.56. The third-order valence-corrected chi connectivity index (χ3v) is 8.53. The van der Waals surface area contributed by atoms with Gasteiger partial charge in [-0.3, -0.25) is 19.6 Å². The number of hydrogen-bond donors (Lipinski definition) is 2. The number of benzene rings is 2. The van der Waals surface area contributed by atoms with E-state index in [1.54, 1.807) is 33.8 Å². The zero-order valence-electron chi connectivity index (χ0n) is 22.0. The molecule has 41 heavy (non-hydrogen) atoms. The number of fused-ring (bicyclic) bond motifs is 4. The van der Waals surface area contributed by atoms with Crippen LogP contribution in [0.5, 0.6) is 0 Å². The maximum atomic E-state index is 14.2. The van der Waals surface area contributed by atoms with Crippen LogP contribution in [0.25, 0.3) is 21.9 Å². The predicted molar refractivity (Wildman–Crippen MR) is 152 cm³/mol. The van der Waals surface area contributed by atoms with Crippen LogP contribution in [-0.4, -0.2) is 73.9 Å². The number of anilines is 1. The predicted octanol–water partition coefficient (Wildman–Crippen LogP) is 3.74. The van der Waals surface area contributed by atoms with E-state index in [0.717, 1.165) is 43.8 Å². The first kappa shape index (κ1) is 25.5. The number of amides is 2. The van der Waals surface area contributed by atoms with E-state index in [2.05, 4.69) is 25.3 Å². The van der Waals surface area contributed by atoms with Gasteiger partial charge in [0.05, 0.1) is 47.7 Å². The molecule has 0 unspecified atom stereocenters. The van der Waals surface area contributed by atoms with Gasteiger partial charge in [0.25, 0.3) is 5.91 Å². The minimum absolute atomic E-state index is 0.134. The molecule has 0 radical (unpaired) electrons. The van der Waals surface area contributed by atoms with Gasteiger partial charge in [0.15, 0.2) is 0 Å². The second-order valence-electron chi connectivity index (χ2n) is 10.1. The van der Waals surface area contributed by atoms with Crippen molar-refractivity contribution in [1.82, 2.24) is 29.7 Å². The van der Waals surface area contributed by atoms with E-state index in [4.69, 9.17) is 4.74 Å². The molecule has 1 atom stereocenters. The number of aromatic amines is 1. The molecular weight excluding hydrogens is 545 g/mol. The van der Waals surface area contributed by atoms with E-state index in [1.807, 2.05) is 18.2 Å². The first-order chi connectivity index (χ1) is 20.0. The number of halogens is 1. The van der Waals surface area contributed by atoms with Crippen LogP contribution in [-0.2, 0) is 29.0 Å². The number of carbonyl (C=O) groups excluding carboxylic acids is 2. The van der Waals surface area contributed by atoms with Crippen molar-refractivity contribution in [2.24, 2.45) is 0 Å². The fourth-order valence-electron chi connectivity index (χ4n) is 5.62. The Morgan fingerprint density at radius 3 is 2.76 bits per heavy atom. The van der Waals surface area contributed by atoms with Crippen LogP contribution in [0.2, 0.25) is 0 Å². The summed E-state index contributed by atoms with van der Waals surface area (Å²) in [6.07, 6.45) is 3.59. The van der Waals surface area contributed by atoms with Crippen LogP contribution >= 0.6 is 11.3 Å². The lowest BCUT2D eigenvalue weighted by Crippen LogP contribution is -2.55. The van der Waals surface area contributed by atoms with Crippen molar-refractivity contribution in [2.45, 2.75) is 25.6 Å². The number of ether oxygens (including phenoxy) is 1. The summed E-state index contributed by atoms with van der Waals surface area (Å²) in [6, 6.07) is 9.56. The molecule has 12 heteroatoms. The van der Waals surface area contributed by atoms with E-state index in [0.29, 0.717) is 38.5 Å². The highest BCUT2D eigenvalue weighted by Crippen LogP contribution is 2.33. The van der Waals surface area contributed by atoms with Gasteiger partial charge in [-0.25, -0.2) is 9.37 Å². The van der Waals surface area contributed by atoms with Crippen LogP contribution in [0.1, 0.15) is 26.6 Å². The molecule has 5 heterocycles. The summed E-state index contributed by atoms with van der Waals surface area (Å²) in [4.78, 5) is 48.5. The van der Waals surface area contributed by atoms with Gasteiger partial charge >= 0.3 is 0 Å². The second-order valence-corrected chi connectivity index (χ2v) is 11.0. The minimum atomic E-state index is -0.739. The molecule has 2 aliphatic rings. The minimum Gasteiger partial charge on any atom is -0.380 e. The lowest BCUT2D eigenvalue weighted by molar-refractivity contribution is -0.140. The topological polar surface area (TPSA) is 116 Å². The molecule has 2 aromatic carbocycles. The molecule has 3 aromatic heterocycles. The largest absolute Gasteiger partial charge is 0.380 e. The number of nitrogens with one attached hydrogen (secondary N) is 2. The molecule has 1 saturated heterocycles. The number of nitrogens with zero attached hydrogens (tertiary/aromatic N) is 5. The van der Waals surface area contributed by atoms with Crippen molar-refractivity contribution in [1.29, 1.82) is 0 Å². The second kappa shape index (κ2) is 10.5. The zero-order chi connectivity index (χ0) is 27.9. The van der Waals surface area contributed by atoms with Gasteiger partial charge in [0.1, 0.15) is 17.6 Å². The van der Waals surface area contributed by atoms with E-state index < -0.39 is 6.04 Å². The summed E-state index contributed by atoms with van der Waals surface area (Å²) in [6.45, 7) is 2.42. The molecule has 5 aromatic rings. The van der Waals surface area contributed by atoms with E-state index >= 15 is 0 Å². The molecule has 2 N–H and O–H groups in total. The highest BCUT2D eigenvalue weighted by Gasteiger charge is 2.40. The van der Waals surface area contributed by atoms with E-state index in [1.165, 1.54) is 23.5 Å². The Labute approximate surface area is 238 Å². The number of thiazole rings is 1. The number of morpholine rings is 1. The molecule has 0 saturated carbocycles. The normalized spacial score (nSPS) is 17.1. The fourth-order valence-corrected chi connectivity index (χ4v) is 6.31. The Bertz CT molecular complexity index is 1780. The molecule has 0 spiro atoms. The van der Waals surface area contributed by atoms with Crippen molar-refractivity contribution >= 4 is 50.8 Å². The van der Waals surface area contributed by atoms with Gasteiger partial charge in [0.2, 0.25) is 5.91 Å². The van der Waals surface area contributed by atoms with E-state index in [9.17, 15) is 14.0 Å². The highest BCUT2D eigenvalue weighted by molar-refractivity contribution is 7.10. The Morgan fingerprint density at radius 2 is 1.90 bits per heavy atom. The monoisotopic (exact) mass is 571 g/mol. The van der Waals surface area contributed by atoms with Gasteiger partial charge in [-0.15, -0.1) is 11.3 Å². The van der Waals surface area contributed by atoms with Crippen LogP contribution in [0.4, 0.5) is 10.1 Å². The number of H-pyrrole nitrogens is 1. The summed E-state index contributed by atoms with van der Waals surface area (Å²) in [5, 5.41) is 4.10. The SMILES string of the molecule is O=C([C@H]1Cc2c([nH]c3ccc(F)cc23)CN1C(=O)c1ncsc1CNc1ccc2nccnc2c1)N1CCOCC1. The Balaban J connectivity index is 1.18. The maximum Gasteiger partial charge on any atom is 0.274 e. The lowest BCUT2D eigenvalue weighted by Gasteiger charge is -2.38. The van der Waals surface area contributed by atoms with Gasteiger partial charge < -0.3 is 24.8 Å². The third kappa shape index (κ3) is 4.78. The van der Waals surface area contributed by atoms with Crippen LogP contribution in [0.3, 0.4) is 0 Å². The number of carbonyl (C=O) groups is 2. The maximum absolute atomic E-state index is 14.2. The quantitative estimate of drug-likeness (QED) is 0.330. The molecular formula is C29H26FN7O3S. The molecule has 2 amide bonds. The van der Waals surface area contributed by atoms with Crippen molar-refractivity contribution < 1.29 is 18.7 Å². The molecule has 2 aliphatic heterocycles. The Morgan fingerprint density at radius 1 is 1.07 bits per heavy atom. The number of aromatic nitrogens is 4. The number of hydrogen-bond acceptors (Lipinski definition) is 8. The zero-order valence-corrected chi connectivity index (χ0v) is 22.8. The third-order valence-electron chi connectivity index (χ3n) is 7.69. The summed E-state index contributed by atoms with van der Waals surface area (Å²) in [7, 11) is 0. The molecule has 0 bridgehead atoms. The highest BCUT2D eigenvalue weighted by atomic mass is 32.1. The summed E-state index contributed by atoms with van der Waals surface area (Å²) < 4.78 is 19.6. The summed E-state index contributed by atoms with van der Waals surface area (Å²) >= 11 is 1.38. The Hall–Kier alpha value is -4.42. The smallest absolute Gasteiger partial charge is 0.274 e. The molecule has 0 aliphatic carbocycles. The summed E-state index contributed by atoms with van der Waals surface area (Å²) in [5.41, 5.74) is 6.83. The summed E-state index contributed by atoms with van der Waals surface area (Å²) in [5.74, 6) is -0.785. The number of rotatable bonds is 5. The van der Waals surface area contributed by atoms with Crippen molar-refractivity contribution in [3.8, 4) is 0 Å². The van der Waals surface area contributed by atoms with Crippen LogP contribution in [0.15, 0.2) is 54.3 Å². The standard InChI is InChI=1S/C29H26FN7O3S/c30-17-1-3-21-19(11-17)20-13-25(28(38)36-7-9-40-10-8-36)37(15-24(20)35-21)29(39)27-26(41-16-34-27)14-33-18-2-4-22-23(12-18)32-6-5-31-22/h1-6,11-12,16,25,33,35H,7-10,13-15H2/t25-/m1/s1. The van der Waals surface area contributed by atoms with Crippen LogP contribution < -0.4 is 5.32 Å². The van der Waals surface area contributed by atoms with Crippen molar-refractivity contribution in [3.63, 3.8) is 0 Å². The molecule has 208 valence electrons. The average molecular weight is 572 g/mol. The van der Waals surface area contributed by atoms with Gasteiger partial charge in [-0.2, -0.15) is 0 Å². The first-order valence-electron chi connectivity index (χ1n) is 13.4. The van der Waals surface area contributed by atoms with Gasteiger partial charge in [-0.1, -0.05) is 0 Å². The molecule has 10 nitrogen and oxygen atoms in total. The molecule has 1 fully saturated rings. The van der Waals surface area contributed by atoms with E-state index in [-0.39, 0.29) is 30.6 Å². The average Bonchev–Trinajstić information content (AvgIpc) is 3.63. The molecule has 7 rings (SSSR count). The lowest BCUT2D eigenvalue weighted by atomic mass is 9.95. The van der Waals surface area contributed by atoms with Gasteiger partial charge in [-0.05, 0) is 42.0 Å². The first-order valence-corrected chi connectivity index (χ1v) is 14.3. The fraction of sp³-hybridized carbons (Fsp3) is 0.276. The van der Waals surface area contributed by atoms with Crippen LogP contribution in [0, 0.1) is 5.82 Å². The van der Waals surface area contributed by atoms with Crippen molar-refractivity contribution in [2.75, 3.05) is 31.6 Å². The van der Waals surface area contributed by atoms with Crippen molar-refractivity contribution in [3.05, 3.63) is 81.9 Å². The van der Waals surface area contributed by atoms with Gasteiger partial charge in [0, 0.05) is 54.2 Å².